The molecule has 1 saturated heterocycles. The van der Waals surface area contributed by atoms with E-state index in [0.29, 0.717) is 22.0 Å². The van der Waals surface area contributed by atoms with Crippen molar-refractivity contribution in [2.75, 3.05) is 37.6 Å². The third-order valence-corrected chi connectivity index (χ3v) is 6.42. The summed E-state index contributed by atoms with van der Waals surface area (Å²) in [5.41, 5.74) is 4.12. The van der Waals surface area contributed by atoms with Crippen LogP contribution in [-0.4, -0.2) is 54.3 Å². The van der Waals surface area contributed by atoms with Crippen molar-refractivity contribution in [1.29, 1.82) is 0 Å². The van der Waals surface area contributed by atoms with Gasteiger partial charge in [0.1, 0.15) is 5.70 Å². The van der Waals surface area contributed by atoms with Crippen LogP contribution in [0, 0.1) is 13.8 Å². The fraction of sp³-hybridized carbons (Fsp3) is 0.333. The van der Waals surface area contributed by atoms with Gasteiger partial charge in [0.15, 0.2) is 0 Å². The Labute approximate surface area is 182 Å². The largest absolute Gasteiger partial charge is 0.364 e. The van der Waals surface area contributed by atoms with Gasteiger partial charge >= 0.3 is 0 Å². The molecule has 0 aliphatic carbocycles. The van der Waals surface area contributed by atoms with Gasteiger partial charge in [-0.1, -0.05) is 54.4 Å². The summed E-state index contributed by atoms with van der Waals surface area (Å²) in [6, 6.07) is 13.1. The molecule has 0 spiro atoms. The van der Waals surface area contributed by atoms with Crippen LogP contribution in [0.3, 0.4) is 0 Å². The van der Waals surface area contributed by atoms with Gasteiger partial charge in [-0.15, -0.1) is 0 Å². The number of rotatable bonds is 4. The predicted octanol–water partition coefficient (Wildman–Crippen LogP) is 3.88. The summed E-state index contributed by atoms with van der Waals surface area (Å²) >= 11 is 6.30. The lowest BCUT2D eigenvalue weighted by Crippen LogP contribution is -2.47. The Morgan fingerprint density at radius 2 is 1.57 bits per heavy atom. The highest BCUT2D eigenvalue weighted by Crippen LogP contribution is 2.37. The summed E-state index contributed by atoms with van der Waals surface area (Å²) in [6.07, 6.45) is 0. The van der Waals surface area contributed by atoms with Gasteiger partial charge in [-0.05, 0) is 43.7 Å². The SMILES string of the molecule is CCN1CCN(C2=C(c3ccc(C)cc3)C(=O)N(c3cccc(Cl)c3C)C2=O)CC1. The number of carbonyl (C=O) groups is 2. The Bertz CT molecular complexity index is 1020. The zero-order chi connectivity index (χ0) is 21.4. The first kappa shape index (κ1) is 20.6. The van der Waals surface area contributed by atoms with E-state index in [1.807, 2.05) is 38.1 Å². The number of halogens is 1. The van der Waals surface area contributed by atoms with Crippen LogP contribution < -0.4 is 4.90 Å². The van der Waals surface area contributed by atoms with Crippen LogP contribution in [0.25, 0.3) is 5.57 Å². The lowest BCUT2D eigenvalue weighted by molar-refractivity contribution is -0.120. The van der Waals surface area contributed by atoms with Gasteiger partial charge in [0, 0.05) is 31.2 Å². The van der Waals surface area contributed by atoms with E-state index in [-0.39, 0.29) is 11.8 Å². The van der Waals surface area contributed by atoms with Gasteiger partial charge in [0.25, 0.3) is 11.8 Å². The van der Waals surface area contributed by atoms with E-state index < -0.39 is 0 Å². The first-order valence-corrected chi connectivity index (χ1v) is 10.7. The zero-order valence-electron chi connectivity index (χ0n) is 17.6. The number of benzene rings is 2. The molecule has 0 atom stereocenters. The van der Waals surface area contributed by atoms with Crippen molar-refractivity contribution in [3.8, 4) is 0 Å². The van der Waals surface area contributed by atoms with E-state index in [2.05, 4.69) is 16.7 Å². The normalized spacial score (nSPS) is 18.0. The number of piperazine rings is 1. The summed E-state index contributed by atoms with van der Waals surface area (Å²) in [7, 11) is 0. The smallest absolute Gasteiger partial charge is 0.282 e. The highest BCUT2D eigenvalue weighted by atomic mass is 35.5. The molecule has 0 radical (unpaired) electrons. The van der Waals surface area contributed by atoms with Crippen LogP contribution in [0.1, 0.15) is 23.6 Å². The second-order valence-corrected chi connectivity index (χ2v) is 8.25. The van der Waals surface area contributed by atoms with Crippen LogP contribution in [0.4, 0.5) is 5.69 Å². The first-order chi connectivity index (χ1) is 14.4. The van der Waals surface area contributed by atoms with Crippen molar-refractivity contribution >= 4 is 34.7 Å². The second-order valence-electron chi connectivity index (χ2n) is 7.84. The van der Waals surface area contributed by atoms with E-state index in [1.165, 1.54) is 4.90 Å². The van der Waals surface area contributed by atoms with E-state index in [9.17, 15) is 9.59 Å². The van der Waals surface area contributed by atoms with Crippen molar-refractivity contribution in [3.63, 3.8) is 0 Å². The van der Waals surface area contributed by atoms with Crippen LogP contribution in [0.15, 0.2) is 48.2 Å². The van der Waals surface area contributed by atoms with Gasteiger partial charge in [-0.3, -0.25) is 9.59 Å². The molecule has 0 N–H and O–H groups in total. The third-order valence-electron chi connectivity index (χ3n) is 6.02. The van der Waals surface area contributed by atoms with Gasteiger partial charge < -0.3 is 9.80 Å². The van der Waals surface area contributed by atoms with Crippen molar-refractivity contribution in [2.24, 2.45) is 0 Å². The molecule has 4 rings (SSSR count). The number of nitrogens with zero attached hydrogens (tertiary/aromatic N) is 3. The fourth-order valence-corrected chi connectivity index (χ4v) is 4.31. The van der Waals surface area contributed by atoms with Gasteiger partial charge in [0.05, 0.1) is 11.3 Å². The molecule has 2 aromatic carbocycles. The highest BCUT2D eigenvalue weighted by Gasteiger charge is 2.43. The maximum absolute atomic E-state index is 13.6. The minimum Gasteiger partial charge on any atom is -0.364 e. The molecule has 2 aliphatic rings. The number of amides is 2. The quantitative estimate of drug-likeness (QED) is 0.700. The molecule has 0 unspecified atom stereocenters. The topological polar surface area (TPSA) is 43.9 Å². The van der Waals surface area contributed by atoms with E-state index >= 15 is 0 Å². The number of imide groups is 1. The zero-order valence-corrected chi connectivity index (χ0v) is 18.4. The number of hydrogen-bond acceptors (Lipinski definition) is 4. The fourth-order valence-electron chi connectivity index (χ4n) is 4.14. The Kier molecular flexibility index (Phi) is 5.67. The molecule has 156 valence electrons. The minimum atomic E-state index is -0.290. The average molecular weight is 424 g/mol. The molecule has 0 aromatic heterocycles. The number of carbonyl (C=O) groups excluding carboxylic acids is 2. The standard InChI is InChI=1S/C24H26ClN3O2/c1-4-26-12-14-27(15-13-26)22-21(18-10-8-16(2)9-11-18)23(29)28(24(22)30)20-7-5-6-19(25)17(20)3/h5-11H,4,12-15H2,1-3H3. The van der Waals surface area contributed by atoms with Gasteiger partial charge in [-0.2, -0.15) is 0 Å². The molecule has 2 heterocycles. The van der Waals surface area contributed by atoms with Gasteiger partial charge in [0.2, 0.25) is 0 Å². The van der Waals surface area contributed by atoms with Crippen molar-refractivity contribution in [3.05, 3.63) is 69.9 Å². The van der Waals surface area contributed by atoms with E-state index in [0.717, 1.165) is 49.4 Å². The molecule has 1 fully saturated rings. The van der Waals surface area contributed by atoms with Crippen molar-refractivity contribution in [1.82, 2.24) is 9.80 Å². The number of hydrogen-bond donors (Lipinski definition) is 0. The Balaban J connectivity index is 1.80. The number of likely N-dealkylation sites (N-methyl/N-ethyl adjacent to an activating group) is 1. The van der Waals surface area contributed by atoms with Crippen LogP contribution in [0.2, 0.25) is 5.02 Å². The van der Waals surface area contributed by atoms with E-state index in [1.54, 1.807) is 18.2 Å². The number of anilines is 1. The Morgan fingerprint density at radius 1 is 0.900 bits per heavy atom. The first-order valence-electron chi connectivity index (χ1n) is 10.3. The Hall–Kier alpha value is -2.63. The lowest BCUT2D eigenvalue weighted by Gasteiger charge is -2.36. The molecular weight excluding hydrogens is 398 g/mol. The van der Waals surface area contributed by atoms with Crippen molar-refractivity contribution in [2.45, 2.75) is 20.8 Å². The number of aryl methyl sites for hydroxylation is 1. The molecule has 2 aliphatic heterocycles. The van der Waals surface area contributed by atoms with Crippen molar-refractivity contribution < 1.29 is 9.59 Å². The maximum atomic E-state index is 13.6. The molecular formula is C24H26ClN3O2. The predicted molar refractivity (Wildman–Crippen MR) is 120 cm³/mol. The summed E-state index contributed by atoms with van der Waals surface area (Å²) in [6.45, 7) is 10.2. The molecule has 30 heavy (non-hydrogen) atoms. The summed E-state index contributed by atoms with van der Waals surface area (Å²) in [5, 5.41) is 0.537. The minimum absolute atomic E-state index is 0.272. The second kappa shape index (κ2) is 8.25. The summed E-state index contributed by atoms with van der Waals surface area (Å²) < 4.78 is 0. The van der Waals surface area contributed by atoms with Crippen LogP contribution in [0.5, 0.6) is 0 Å². The van der Waals surface area contributed by atoms with Crippen LogP contribution >= 0.6 is 11.6 Å². The van der Waals surface area contributed by atoms with Gasteiger partial charge in [-0.25, -0.2) is 4.90 Å². The highest BCUT2D eigenvalue weighted by molar-refractivity contribution is 6.46. The Morgan fingerprint density at radius 3 is 2.20 bits per heavy atom. The van der Waals surface area contributed by atoms with E-state index in [4.69, 9.17) is 11.6 Å². The molecule has 2 aromatic rings. The average Bonchev–Trinajstić information content (AvgIpc) is 3.01. The molecule has 0 bridgehead atoms. The molecule has 0 saturated carbocycles. The van der Waals surface area contributed by atoms with Crippen LogP contribution in [-0.2, 0) is 9.59 Å². The molecule has 5 nitrogen and oxygen atoms in total. The molecule has 6 heteroatoms. The maximum Gasteiger partial charge on any atom is 0.282 e. The third kappa shape index (κ3) is 3.53. The summed E-state index contributed by atoms with van der Waals surface area (Å²) in [4.78, 5) is 32.9. The summed E-state index contributed by atoms with van der Waals surface area (Å²) in [5.74, 6) is -0.562. The molecule has 2 amide bonds. The lowest BCUT2D eigenvalue weighted by atomic mass is 10.0. The monoisotopic (exact) mass is 423 g/mol.